The van der Waals surface area contributed by atoms with Gasteiger partial charge in [-0.25, -0.2) is 0 Å². The van der Waals surface area contributed by atoms with Crippen molar-refractivity contribution in [1.29, 1.82) is 0 Å². The second-order valence-corrected chi connectivity index (χ2v) is 12.9. The summed E-state index contributed by atoms with van der Waals surface area (Å²) in [5, 5.41) is 0.196. The number of hydrogen-bond donors (Lipinski definition) is 1. The first-order valence-corrected chi connectivity index (χ1v) is 11.8. The van der Waals surface area contributed by atoms with Gasteiger partial charge in [0, 0.05) is 12.0 Å². The first-order chi connectivity index (χ1) is 9.53. The summed E-state index contributed by atoms with van der Waals surface area (Å²) >= 11 is 0. The third-order valence-corrected chi connectivity index (χ3v) is 9.66. The van der Waals surface area contributed by atoms with E-state index in [0.717, 1.165) is 25.7 Å². The molecule has 21 heavy (non-hydrogen) atoms. The molecule has 0 heterocycles. The van der Waals surface area contributed by atoms with Crippen LogP contribution in [0.1, 0.15) is 46.5 Å². The van der Waals surface area contributed by atoms with E-state index in [1.54, 1.807) is 0 Å². The van der Waals surface area contributed by atoms with Gasteiger partial charge in [-0.1, -0.05) is 20.8 Å². The quantitative estimate of drug-likeness (QED) is 0.593. The van der Waals surface area contributed by atoms with Crippen LogP contribution in [0.3, 0.4) is 0 Å². The molecule has 1 rings (SSSR count). The molecule has 1 aliphatic rings. The lowest BCUT2D eigenvalue weighted by atomic mass is 9.85. The maximum atomic E-state index is 11.9. The monoisotopic (exact) mass is 336 g/mol. The van der Waals surface area contributed by atoms with Crippen LogP contribution in [0.2, 0.25) is 18.1 Å². The Labute approximate surface area is 129 Å². The Bertz CT molecular complexity index is 383. The van der Waals surface area contributed by atoms with Gasteiger partial charge in [-0.2, -0.15) is 0 Å². The van der Waals surface area contributed by atoms with Gasteiger partial charge in [0.05, 0.1) is 0 Å². The minimum Gasteiger partial charge on any atom is -0.414 e. The summed E-state index contributed by atoms with van der Waals surface area (Å²) in [5.74, 6) is -0.112. The van der Waals surface area contributed by atoms with Gasteiger partial charge < -0.3 is 13.8 Å². The second kappa shape index (κ2) is 7.51. The van der Waals surface area contributed by atoms with Crippen molar-refractivity contribution in [3.05, 3.63) is 0 Å². The van der Waals surface area contributed by atoms with E-state index in [1.807, 2.05) is 0 Å². The van der Waals surface area contributed by atoms with Crippen molar-refractivity contribution in [2.24, 2.45) is 5.92 Å². The van der Waals surface area contributed by atoms with Crippen LogP contribution in [0, 0.1) is 5.92 Å². The molecule has 0 aromatic rings. The SMILES string of the molecule is CC(C)(C)[Si](C)(C)OC1CCC(C(=O)CO[PH](=O)O)CC1. The van der Waals surface area contributed by atoms with Gasteiger partial charge in [0.15, 0.2) is 14.1 Å². The average Bonchev–Trinajstić information content (AvgIpc) is 2.35. The fourth-order valence-electron chi connectivity index (χ4n) is 2.35. The maximum absolute atomic E-state index is 11.9. The van der Waals surface area contributed by atoms with Crippen LogP contribution in [0.25, 0.3) is 0 Å². The predicted octanol–water partition coefficient (Wildman–Crippen LogP) is 3.53. The van der Waals surface area contributed by atoms with Gasteiger partial charge in [0.1, 0.15) is 6.61 Å². The molecule has 1 N–H and O–H groups in total. The van der Waals surface area contributed by atoms with E-state index in [2.05, 4.69) is 38.4 Å². The number of carbonyl (C=O) groups is 1. The van der Waals surface area contributed by atoms with Crippen molar-refractivity contribution < 1.29 is 23.2 Å². The Kier molecular flexibility index (Phi) is 6.81. The van der Waals surface area contributed by atoms with Crippen molar-refractivity contribution in [3.8, 4) is 0 Å². The highest BCUT2D eigenvalue weighted by Crippen LogP contribution is 2.39. The molecule has 0 bridgehead atoms. The number of hydrogen-bond acceptors (Lipinski definition) is 4. The van der Waals surface area contributed by atoms with Crippen molar-refractivity contribution >= 4 is 22.4 Å². The lowest BCUT2D eigenvalue weighted by Gasteiger charge is -2.41. The van der Waals surface area contributed by atoms with Crippen LogP contribution >= 0.6 is 8.25 Å². The van der Waals surface area contributed by atoms with Crippen molar-refractivity contribution in [2.75, 3.05) is 6.61 Å². The lowest BCUT2D eigenvalue weighted by Crippen LogP contribution is -2.45. The minimum absolute atomic E-state index is 0.0504. The third-order valence-electron chi connectivity index (χ3n) is 4.73. The molecule has 0 radical (unpaired) electrons. The van der Waals surface area contributed by atoms with Crippen molar-refractivity contribution in [3.63, 3.8) is 0 Å². The number of carbonyl (C=O) groups excluding carboxylic acids is 1. The maximum Gasteiger partial charge on any atom is 0.317 e. The van der Waals surface area contributed by atoms with E-state index in [9.17, 15) is 9.36 Å². The standard InChI is InChI=1S/C14H29O5PSi/c1-14(2,3)21(4,5)19-12-8-6-11(7-9-12)13(15)10-18-20(16)17/h11-12,20H,6-10H2,1-5H3,(H,16,17). The highest BCUT2D eigenvalue weighted by molar-refractivity contribution is 7.32. The van der Waals surface area contributed by atoms with E-state index in [4.69, 9.17) is 9.32 Å². The molecule has 0 aromatic carbocycles. The molecule has 0 amide bonds. The van der Waals surface area contributed by atoms with Gasteiger partial charge in [-0.05, 0) is 43.8 Å². The molecular formula is C14H29O5PSi. The van der Waals surface area contributed by atoms with E-state index < -0.39 is 16.6 Å². The zero-order chi connectivity index (χ0) is 16.3. The van der Waals surface area contributed by atoms with E-state index in [0.29, 0.717) is 0 Å². The lowest BCUT2D eigenvalue weighted by molar-refractivity contribution is -0.126. The van der Waals surface area contributed by atoms with Gasteiger partial charge >= 0.3 is 8.25 Å². The van der Waals surface area contributed by atoms with Gasteiger partial charge in [-0.3, -0.25) is 9.36 Å². The highest BCUT2D eigenvalue weighted by Gasteiger charge is 2.40. The Morgan fingerprint density at radius 3 is 2.19 bits per heavy atom. The first kappa shape index (κ1) is 19.0. The van der Waals surface area contributed by atoms with E-state index >= 15 is 0 Å². The number of ketones is 1. The number of Topliss-reactive ketones (excluding diaryl/α,β-unsaturated/α-hetero) is 1. The molecule has 5 nitrogen and oxygen atoms in total. The summed E-state index contributed by atoms with van der Waals surface area (Å²) in [6.45, 7) is 10.9. The Morgan fingerprint density at radius 1 is 1.24 bits per heavy atom. The van der Waals surface area contributed by atoms with E-state index in [-0.39, 0.29) is 29.5 Å². The minimum atomic E-state index is -3.01. The summed E-state index contributed by atoms with van der Waals surface area (Å²) in [6.07, 6.45) is 3.59. The molecule has 1 aliphatic carbocycles. The van der Waals surface area contributed by atoms with Crippen LogP contribution < -0.4 is 0 Å². The second-order valence-electron chi connectivity index (χ2n) is 7.37. The molecule has 1 unspecified atom stereocenters. The zero-order valence-corrected chi connectivity index (χ0v) is 15.8. The number of rotatable bonds is 6. The Balaban J connectivity index is 2.42. The van der Waals surface area contributed by atoms with Crippen molar-refractivity contribution in [2.45, 2.75) is 70.7 Å². The summed E-state index contributed by atoms with van der Waals surface area (Å²) in [6, 6.07) is 0. The van der Waals surface area contributed by atoms with Crippen LogP contribution in [-0.2, 0) is 18.3 Å². The first-order valence-electron chi connectivity index (χ1n) is 7.59. The molecule has 0 spiro atoms. The van der Waals surface area contributed by atoms with Crippen molar-refractivity contribution in [1.82, 2.24) is 0 Å². The fraction of sp³-hybridized carbons (Fsp3) is 0.929. The van der Waals surface area contributed by atoms with Gasteiger partial charge in [0.25, 0.3) is 0 Å². The van der Waals surface area contributed by atoms with Gasteiger partial charge in [-0.15, -0.1) is 0 Å². The third kappa shape index (κ3) is 5.95. The zero-order valence-electron chi connectivity index (χ0n) is 13.8. The van der Waals surface area contributed by atoms with Crippen LogP contribution in [-0.4, -0.2) is 31.7 Å². The summed E-state index contributed by atoms with van der Waals surface area (Å²) in [4.78, 5) is 20.5. The smallest absolute Gasteiger partial charge is 0.317 e. The molecule has 0 saturated heterocycles. The molecule has 0 aromatic heterocycles. The topological polar surface area (TPSA) is 72.8 Å². The molecule has 124 valence electrons. The van der Waals surface area contributed by atoms with E-state index in [1.165, 1.54) is 0 Å². The molecular weight excluding hydrogens is 307 g/mol. The largest absolute Gasteiger partial charge is 0.414 e. The summed E-state index contributed by atoms with van der Waals surface area (Å²) < 4.78 is 21.4. The molecule has 1 fully saturated rings. The Hall–Kier alpha value is -0.00312. The van der Waals surface area contributed by atoms with Crippen LogP contribution in [0.4, 0.5) is 0 Å². The molecule has 1 saturated carbocycles. The average molecular weight is 336 g/mol. The summed E-state index contributed by atoms with van der Waals surface area (Å²) in [7, 11) is -4.76. The van der Waals surface area contributed by atoms with Crippen LogP contribution in [0.15, 0.2) is 0 Å². The normalized spacial score (nSPS) is 25.6. The summed E-state index contributed by atoms with van der Waals surface area (Å²) in [5.41, 5.74) is 0. The molecule has 7 heteroatoms. The van der Waals surface area contributed by atoms with Gasteiger partial charge in [0.2, 0.25) is 0 Å². The fourth-order valence-corrected chi connectivity index (χ4v) is 4.04. The van der Waals surface area contributed by atoms with Crippen LogP contribution in [0.5, 0.6) is 0 Å². The molecule has 1 atom stereocenters. The highest BCUT2D eigenvalue weighted by atomic mass is 31.1. The molecule has 0 aliphatic heterocycles. The Morgan fingerprint density at radius 2 is 1.76 bits per heavy atom. The predicted molar refractivity (Wildman–Crippen MR) is 86.2 cm³/mol.